The molecule has 0 aliphatic carbocycles. The van der Waals surface area contributed by atoms with Gasteiger partial charge in [-0.1, -0.05) is 29.8 Å². The summed E-state index contributed by atoms with van der Waals surface area (Å²) in [5, 5.41) is 9.80. The van der Waals surface area contributed by atoms with Crippen LogP contribution in [0.2, 0.25) is 0 Å². The van der Waals surface area contributed by atoms with E-state index in [-0.39, 0.29) is 18.4 Å². The number of amides is 2. The van der Waals surface area contributed by atoms with E-state index < -0.39 is 23.0 Å². The Bertz CT molecular complexity index is 770. The lowest BCUT2D eigenvalue weighted by atomic mass is 9.73. The highest BCUT2D eigenvalue weighted by Gasteiger charge is 2.72. The molecule has 0 radical (unpaired) electrons. The monoisotopic (exact) mass is 313 g/mol. The third-order valence-electron chi connectivity index (χ3n) is 5.40. The Hall–Kier alpha value is -1.98. The molecule has 1 N–H and O–H groups in total. The van der Waals surface area contributed by atoms with Crippen molar-refractivity contribution in [3.63, 3.8) is 0 Å². The number of aliphatic hydroxyl groups is 1. The fourth-order valence-corrected chi connectivity index (χ4v) is 4.33. The van der Waals surface area contributed by atoms with Crippen molar-refractivity contribution < 1.29 is 19.4 Å². The predicted octanol–water partition coefficient (Wildman–Crippen LogP) is 1.50. The molecule has 4 rings (SSSR count). The lowest BCUT2D eigenvalue weighted by Crippen LogP contribution is -2.43. The molecule has 120 valence electrons. The van der Waals surface area contributed by atoms with Gasteiger partial charge in [0.1, 0.15) is 5.60 Å². The van der Waals surface area contributed by atoms with E-state index in [4.69, 9.17) is 4.74 Å². The SMILES string of the molecule is Cc1ccc(N2C(=O)[C@@H]3[C@H](C2=O)[C@@]2(CO)C=C[C@@]3(C)O2)c(C)c1. The van der Waals surface area contributed by atoms with E-state index in [0.29, 0.717) is 5.69 Å². The van der Waals surface area contributed by atoms with Gasteiger partial charge in [0.25, 0.3) is 0 Å². The molecule has 5 nitrogen and oxygen atoms in total. The van der Waals surface area contributed by atoms with Gasteiger partial charge < -0.3 is 9.84 Å². The summed E-state index contributed by atoms with van der Waals surface area (Å²) < 4.78 is 5.91. The number of aliphatic hydroxyl groups excluding tert-OH is 1. The average molecular weight is 313 g/mol. The average Bonchev–Trinajstić information content (AvgIpc) is 3.07. The minimum absolute atomic E-state index is 0.242. The van der Waals surface area contributed by atoms with Gasteiger partial charge in [0.05, 0.1) is 29.7 Å². The molecule has 2 amide bonds. The first-order valence-electron chi connectivity index (χ1n) is 7.79. The van der Waals surface area contributed by atoms with Crippen LogP contribution in [0.3, 0.4) is 0 Å². The Morgan fingerprint density at radius 1 is 1.17 bits per heavy atom. The van der Waals surface area contributed by atoms with Crippen LogP contribution >= 0.6 is 0 Å². The molecular weight excluding hydrogens is 294 g/mol. The number of imide groups is 1. The zero-order valence-corrected chi connectivity index (χ0v) is 13.4. The number of fused-ring (bicyclic) bond motifs is 5. The molecule has 2 saturated heterocycles. The van der Waals surface area contributed by atoms with E-state index in [9.17, 15) is 14.7 Å². The lowest BCUT2D eigenvalue weighted by molar-refractivity contribution is -0.131. The number of nitrogens with zero attached hydrogens (tertiary/aromatic N) is 1. The number of carbonyl (C=O) groups is 2. The maximum absolute atomic E-state index is 13.0. The first kappa shape index (κ1) is 14.6. The smallest absolute Gasteiger partial charge is 0.241 e. The molecule has 0 unspecified atom stereocenters. The van der Waals surface area contributed by atoms with E-state index >= 15 is 0 Å². The van der Waals surface area contributed by atoms with Gasteiger partial charge in [-0.3, -0.25) is 9.59 Å². The Morgan fingerprint density at radius 2 is 1.87 bits per heavy atom. The number of hydrogen-bond donors (Lipinski definition) is 1. The third-order valence-corrected chi connectivity index (χ3v) is 5.40. The van der Waals surface area contributed by atoms with Gasteiger partial charge in [0.2, 0.25) is 11.8 Å². The Morgan fingerprint density at radius 3 is 2.52 bits per heavy atom. The fourth-order valence-electron chi connectivity index (χ4n) is 4.33. The van der Waals surface area contributed by atoms with Crippen LogP contribution in [0, 0.1) is 25.7 Å². The quantitative estimate of drug-likeness (QED) is 0.664. The zero-order chi connectivity index (χ0) is 16.6. The zero-order valence-electron chi connectivity index (χ0n) is 13.4. The van der Waals surface area contributed by atoms with Gasteiger partial charge in [0, 0.05) is 0 Å². The van der Waals surface area contributed by atoms with Crippen molar-refractivity contribution in [2.75, 3.05) is 11.5 Å². The summed E-state index contributed by atoms with van der Waals surface area (Å²) in [6.07, 6.45) is 3.55. The minimum Gasteiger partial charge on any atom is -0.393 e. The molecule has 3 aliphatic heterocycles. The molecule has 2 bridgehead atoms. The summed E-state index contributed by atoms with van der Waals surface area (Å²) in [5.74, 6) is -1.76. The maximum atomic E-state index is 13.0. The van der Waals surface area contributed by atoms with Crippen LogP contribution in [0.15, 0.2) is 30.4 Å². The van der Waals surface area contributed by atoms with Gasteiger partial charge in [-0.05, 0) is 32.4 Å². The number of hydrogen-bond acceptors (Lipinski definition) is 4. The number of ether oxygens (including phenoxy) is 1. The second-order valence-corrected chi connectivity index (χ2v) is 6.99. The van der Waals surface area contributed by atoms with E-state index in [1.54, 1.807) is 12.2 Å². The predicted molar refractivity (Wildman–Crippen MR) is 83.8 cm³/mol. The summed E-state index contributed by atoms with van der Waals surface area (Å²) in [7, 11) is 0. The molecule has 23 heavy (non-hydrogen) atoms. The third kappa shape index (κ3) is 1.64. The highest BCUT2D eigenvalue weighted by molar-refractivity contribution is 6.23. The summed E-state index contributed by atoms with van der Waals surface area (Å²) in [6, 6.07) is 5.66. The first-order valence-corrected chi connectivity index (χ1v) is 7.79. The molecule has 0 saturated carbocycles. The van der Waals surface area contributed by atoms with Crippen LogP contribution in [0.5, 0.6) is 0 Å². The highest BCUT2D eigenvalue weighted by atomic mass is 16.5. The molecule has 0 aromatic heterocycles. The van der Waals surface area contributed by atoms with Crippen molar-refractivity contribution in [2.24, 2.45) is 11.8 Å². The van der Waals surface area contributed by atoms with Crippen molar-refractivity contribution >= 4 is 17.5 Å². The number of rotatable bonds is 2. The number of anilines is 1. The molecule has 0 spiro atoms. The molecule has 1 aromatic rings. The number of aryl methyl sites for hydroxylation is 2. The maximum Gasteiger partial charge on any atom is 0.241 e. The van der Waals surface area contributed by atoms with Gasteiger partial charge in [-0.25, -0.2) is 4.90 Å². The van der Waals surface area contributed by atoms with Crippen molar-refractivity contribution in [1.29, 1.82) is 0 Å². The summed E-state index contributed by atoms with van der Waals surface area (Å²) in [6.45, 7) is 5.37. The highest BCUT2D eigenvalue weighted by Crippen LogP contribution is 2.57. The molecule has 2 fully saturated rings. The van der Waals surface area contributed by atoms with Crippen LogP contribution in [-0.4, -0.2) is 34.7 Å². The van der Waals surface area contributed by atoms with E-state index in [0.717, 1.165) is 11.1 Å². The van der Waals surface area contributed by atoms with Crippen LogP contribution in [0.4, 0.5) is 5.69 Å². The van der Waals surface area contributed by atoms with Gasteiger partial charge in [-0.2, -0.15) is 0 Å². The summed E-state index contributed by atoms with van der Waals surface area (Å²) in [4.78, 5) is 27.3. The molecular formula is C18H19NO4. The first-order chi connectivity index (χ1) is 10.8. The Balaban J connectivity index is 1.83. The topological polar surface area (TPSA) is 66.8 Å². The van der Waals surface area contributed by atoms with Gasteiger partial charge in [0.15, 0.2) is 0 Å². The normalized spacial score (nSPS) is 37.8. The van der Waals surface area contributed by atoms with E-state index in [1.807, 2.05) is 39.0 Å². The van der Waals surface area contributed by atoms with Crippen LogP contribution < -0.4 is 4.90 Å². The summed E-state index contributed by atoms with van der Waals surface area (Å²) >= 11 is 0. The lowest BCUT2D eigenvalue weighted by Gasteiger charge is -2.27. The van der Waals surface area contributed by atoms with Crippen LogP contribution in [0.1, 0.15) is 18.1 Å². The number of benzene rings is 1. The fraction of sp³-hybridized carbons (Fsp3) is 0.444. The second-order valence-electron chi connectivity index (χ2n) is 6.99. The van der Waals surface area contributed by atoms with Crippen LogP contribution in [0.25, 0.3) is 0 Å². The van der Waals surface area contributed by atoms with Crippen molar-refractivity contribution in [1.82, 2.24) is 0 Å². The molecule has 5 heteroatoms. The molecule has 3 heterocycles. The van der Waals surface area contributed by atoms with Crippen molar-refractivity contribution in [3.05, 3.63) is 41.5 Å². The van der Waals surface area contributed by atoms with Gasteiger partial charge >= 0.3 is 0 Å². The van der Waals surface area contributed by atoms with E-state index in [1.165, 1.54) is 4.90 Å². The Kier molecular flexibility index (Phi) is 2.73. The van der Waals surface area contributed by atoms with Crippen molar-refractivity contribution in [3.8, 4) is 0 Å². The van der Waals surface area contributed by atoms with Crippen molar-refractivity contribution in [2.45, 2.75) is 32.0 Å². The minimum atomic E-state index is -1.07. The Labute approximate surface area is 134 Å². The molecule has 4 atom stereocenters. The van der Waals surface area contributed by atoms with Crippen LogP contribution in [-0.2, 0) is 14.3 Å². The summed E-state index contributed by atoms with van der Waals surface area (Å²) in [5.41, 5.74) is 0.689. The molecule has 1 aromatic carbocycles. The molecule has 3 aliphatic rings. The van der Waals surface area contributed by atoms with E-state index in [2.05, 4.69) is 0 Å². The second kappa shape index (κ2) is 4.30. The van der Waals surface area contributed by atoms with Gasteiger partial charge in [-0.15, -0.1) is 0 Å². The standard InChI is InChI=1S/C18H19NO4/c1-10-4-5-12(11(2)8-10)19-15(21)13-14(16(19)22)18(9-20)7-6-17(13,3)23-18/h4-8,13-14,20H,9H2,1-3H3/t13-,14+,17+,18-/m0/s1. The number of carbonyl (C=O) groups excluding carboxylic acids is 2. The largest absolute Gasteiger partial charge is 0.393 e.